The highest BCUT2D eigenvalue weighted by Gasteiger charge is 2.43. The van der Waals surface area contributed by atoms with Crippen LogP contribution in [0.1, 0.15) is 43.9 Å². The first kappa shape index (κ1) is 14.3. The van der Waals surface area contributed by atoms with Gasteiger partial charge in [0.05, 0.1) is 0 Å². The third-order valence-corrected chi connectivity index (χ3v) is 4.15. The summed E-state index contributed by atoms with van der Waals surface area (Å²) in [5.74, 6) is 1.95. The molecular formula is C17H23N3O. The minimum Gasteiger partial charge on any atom is -0.374 e. The summed E-state index contributed by atoms with van der Waals surface area (Å²) in [7, 11) is 0. The summed E-state index contributed by atoms with van der Waals surface area (Å²) in [5, 5.41) is 4.65. The molecule has 0 N–H and O–H groups in total. The van der Waals surface area contributed by atoms with E-state index in [1.807, 2.05) is 6.92 Å². The zero-order chi connectivity index (χ0) is 14.7. The highest BCUT2D eigenvalue weighted by atomic mass is 16.5. The molecule has 1 aliphatic rings. The fourth-order valence-electron chi connectivity index (χ4n) is 2.54. The average molecular weight is 285 g/mol. The van der Waals surface area contributed by atoms with Crippen molar-refractivity contribution >= 4 is 0 Å². The zero-order valence-electron chi connectivity index (χ0n) is 12.9. The quantitative estimate of drug-likeness (QED) is 0.784. The first-order chi connectivity index (χ1) is 10.2. The Morgan fingerprint density at radius 1 is 1.24 bits per heavy atom. The van der Waals surface area contributed by atoms with E-state index < -0.39 is 0 Å². The summed E-state index contributed by atoms with van der Waals surface area (Å²) in [6, 6.07) is 10.5. The molecule has 0 bridgehead atoms. The summed E-state index contributed by atoms with van der Waals surface area (Å²) < 4.78 is 7.54. The maximum absolute atomic E-state index is 5.45. The first-order valence-electron chi connectivity index (χ1n) is 7.77. The molecule has 2 aromatic rings. The van der Waals surface area contributed by atoms with Crippen LogP contribution in [0.3, 0.4) is 0 Å². The van der Waals surface area contributed by atoms with Crippen LogP contribution in [0.2, 0.25) is 0 Å². The molecule has 1 fully saturated rings. The van der Waals surface area contributed by atoms with Gasteiger partial charge in [0.25, 0.3) is 0 Å². The SMILES string of the molecule is CCOCc1nc(C2(C)CC2)n(CCc2ccccc2)n1. The second-order valence-electron chi connectivity index (χ2n) is 6.01. The molecule has 1 aromatic heterocycles. The second-order valence-corrected chi connectivity index (χ2v) is 6.01. The van der Waals surface area contributed by atoms with E-state index in [2.05, 4.69) is 47.0 Å². The van der Waals surface area contributed by atoms with Crippen LogP contribution in [-0.4, -0.2) is 21.4 Å². The van der Waals surface area contributed by atoms with Crippen molar-refractivity contribution in [2.45, 2.75) is 51.7 Å². The maximum atomic E-state index is 5.45. The van der Waals surface area contributed by atoms with Gasteiger partial charge in [0, 0.05) is 18.6 Å². The molecule has 21 heavy (non-hydrogen) atoms. The smallest absolute Gasteiger partial charge is 0.176 e. The molecule has 112 valence electrons. The van der Waals surface area contributed by atoms with Gasteiger partial charge >= 0.3 is 0 Å². The van der Waals surface area contributed by atoms with Crippen molar-refractivity contribution in [3.05, 3.63) is 47.5 Å². The molecule has 1 saturated carbocycles. The number of aromatic nitrogens is 3. The summed E-state index contributed by atoms with van der Waals surface area (Å²) in [6.07, 6.45) is 3.41. The van der Waals surface area contributed by atoms with Crippen LogP contribution >= 0.6 is 0 Å². The standard InChI is InChI=1S/C17H23N3O/c1-3-21-13-15-18-16(17(2)10-11-17)20(19-15)12-9-14-7-5-4-6-8-14/h4-8H,3,9-13H2,1-2H3. The third-order valence-electron chi connectivity index (χ3n) is 4.15. The lowest BCUT2D eigenvalue weighted by Gasteiger charge is -2.10. The summed E-state index contributed by atoms with van der Waals surface area (Å²) in [6.45, 7) is 6.37. The number of ether oxygens (including phenoxy) is 1. The van der Waals surface area contributed by atoms with E-state index in [4.69, 9.17) is 9.72 Å². The topological polar surface area (TPSA) is 39.9 Å². The fraction of sp³-hybridized carbons (Fsp3) is 0.529. The largest absolute Gasteiger partial charge is 0.374 e. The monoisotopic (exact) mass is 285 g/mol. The highest BCUT2D eigenvalue weighted by molar-refractivity contribution is 5.18. The van der Waals surface area contributed by atoms with Crippen LogP contribution in [-0.2, 0) is 29.7 Å². The molecule has 4 heteroatoms. The van der Waals surface area contributed by atoms with Crippen LogP contribution in [0, 0.1) is 0 Å². The zero-order valence-corrected chi connectivity index (χ0v) is 12.9. The van der Waals surface area contributed by atoms with E-state index >= 15 is 0 Å². The molecule has 0 radical (unpaired) electrons. The molecule has 0 amide bonds. The van der Waals surface area contributed by atoms with Crippen molar-refractivity contribution in [3.8, 4) is 0 Å². The predicted molar refractivity (Wildman–Crippen MR) is 82.1 cm³/mol. The Morgan fingerprint density at radius 2 is 2.00 bits per heavy atom. The van der Waals surface area contributed by atoms with Gasteiger partial charge in [-0.2, -0.15) is 5.10 Å². The maximum Gasteiger partial charge on any atom is 0.176 e. The van der Waals surface area contributed by atoms with Gasteiger partial charge in [-0.3, -0.25) is 0 Å². The van der Waals surface area contributed by atoms with Crippen molar-refractivity contribution < 1.29 is 4.74 Å². The fourth-order valence-corrected chi connectivity index (χ4v) is 2.54. The Labute approximate surface area is 126 Å². The van der Waals surface area contributed by atoms with E-state index in [1.165, 1.54) is 18.4 Å². The number of hydrogen-bond acceptors (Lipinski definition) is 3. The van der Waals surface area contributed by atoms with Crippen molar-refractivity contribution in [2.75, 3.05) is 6.61 Å². The number of rotatable bonds is 7. The van der Waals surface area contributed by atoms with Crippen LogP contribution in [0.25, 0.3) is 0 Å². The van der Waals surface area contributed by atoms with E-state index in [1.54, 1.807) is 0 Å². The molecule has 0 saturated heterocycles. The molecule has 1 aromatic carbocycles. The minimum atomic E-state index is 0.230. The van der Waals surface area contributed by atoms with Gasteiger partial charge in [0.1, 0.15) is 12.4 Å². The molecule has 3 rings (SSSR count). The molecule has 4 nitrogen and oxygen atoms in total. The Bertz CT molecular complexity index is 587. The first-order valence-corrected chi connectivity index (χ1v) is 7.77. The third kappa shape index (κ3) is 3.32. The molecular weight excluding hydrogens is 262 g/mol. The van der Waals surface area contributed by atoms with E-state index in [9.17, 15) is 0 Å². The Morgan fingerprint density at radius 3 is 2.67 bits per heavy atom. The number of benzene rings is 1. The number of hydrogen-bond donors (Lipinski definition) is 0. The van der Waals surface area contributed by atoms with Gasteiger partial charge in [0.2, 0.25) is 0 Å². The number of nitrogens with zero attached hydrogens (tertiary/aromatic N) is 3. The van der Waals surface area contributed by atoms with E-state index in [0.29, 0.717) is 13.2 Å². The minimum absolute atomic E-state index is 0.230. The normalized spacial score (nSPS) is 16.1. The van der Waals surface area contributed by atoms with Crippen LogP contribution in [0.4, 0.5) is 0 Å². The number of aryl methyl sites for hydroxylation is 2. The van der Waals surface area contributed by atoms with E-state index in [-0.39, 0.29) is 5.41 Å². The van der Waals surface area contributed by atoms with Gasteiger partial charge in [-0.1, -0.05) is 37.3 Å². The van der Waals surface area contributed by atoms with Crippen molar-refractivity contribution in [2.24, 2.45) is 0 Å². The van der Waals surface area contributed by atoms with Crippen LogP contribution < -0.4 is 0 Å². The molecule has 0 unspecified atom stereocenters. The van der Waals surface area contributed by atoms with Gasteiger partial charge in [-0.05, 0) is 31.7 Å². The van der Waals surface area contributed by atoms with Crippen molar-refractivity contribution in [1.29, 1.82) is 0 Å². The Hall–Kier alpha value is -1.68. The summed E-state index contributed by atoms with van der Waals surface area (Å²) in [5.41, 5.74) is 1.57. The lowest BCUT2D eigenvalue weighted by Crippen LogP contribution is -2.14. The molecule has 0 spiro atoms. The lowest BCUT2D eigenvalue weighted by molar-refractivity contribution is 0.128. The Kier molecular flexibility index (Phi) is 4.06. The Balaban J connectivity index is 1.74. The second kappa shape index (κ2) is 5.98. The van der Waals surface area contributed by atoms with Crippen LogP contribution in [0.5, 0.6) is 0 Å². The molecule has 1 aliphatic carbocycles. The van der Waals surface area contributed by atoms with Crippen molar-refractivity contribution in [3.63, 3.8) is 0 Å². The summed E-state index contributed by atoms with van der Waals surface area (Å²) in [4.78, 5) is 4.72. The van der Waals surface area contributed by atoms with Gasteiger partial charge in [-0.25, -0.2) is 9.67 Å². The van der Waals surface area contributed by atoms with Gasteiger partial charge in [-0.15, -0.1) is 0 Å². The van der Waals surface area contributed by atoms with Gasteiger partial charge in [0.15, 0.2) is 5.82 Å². The highest BCUT2D eigenvalue weighted by Crippen LogP contribution is 2.46. The van der Waals surface area contributed by atoms with E-state index in [0.717, 1.165) is 24.6 Å². The summed E-state index contributed by atoms with van der Waals surface area (Å²) >= 11 is 0. The van der Waals surface area contributed by atoms with Crippen LogP contribution in [0.15, 0.2) is 30.3 Å². The molecule has 0 aliphatic heterocycles. The van der Waals surface area contributed by atoms with Crippen molar-refractivity contribution in [1.82, 2.24) is 14.8 Å². The molecule has 0 atom stereocenters. The molecule has 1 heterocycles. The lowest BCUT2D eigenvalue weighted by atomic mass is 10.1. The average Bonchev–Trinajstić information content (AvgIpc) is 3.12. The van der Waals surface area contributed by atoms with Gasteiger partial charge < -0.3 is 4.74 Å². The predicted octanol–water partition coefficient (Wildman–Crippen LogP) is 3.11.